The van der Waals surface area contributed by atoms with Crippen LogP contribution in [0.1, 0.15) is 30.4 Å². The van der Waals surface area contributed by atoms with E-state index >= 15 is 0 Å². The summed E-state index contributed by atoms with van der Waals surface area (Å²) in [6.45, 7) is 4.02. The lowest BCUT2D eigenvalue weighted by Gasteiger charge is -2.09. The van der Waals surface area contributed by atoms with E-state index in [0.717, 1.165) is 17.5 Å². The van der Waals surface area contributed by atoms with E-state index in [0.29, 0.717) is 5.69 Å². The Labute approximate surface area is 93.9 Å². The maximum Gasteiger partial charge on any atom is 0.172 e. The number of hydrogen-bond donors (Lipinski definition) is 0. The zero-order chi connectivity index (χ0) is 11.5. The molecule has 0 fully saturated rings. The summed E-state index contributed by atoms with van der Waals surface area (Å²) in [6, 6.07) is 9.88. The standard InChI is InChI=1S/C12H13N3O/c1-9(2)15-12(11(8-16)13-14-15)10-6-4-3-5-7-10/h3-9H,1-2H3. The Hall–Kier alpha value is -1.97. The fourth-order valence-corrected chi connectivity index (χ4v) is 1.62. The van der Waals surface area contributed by atoms with Crippen LogP contribution in [-0.4, -0.2) is 21.3 Å². The summed E-state index contributed by atoms with van der Waals surface area (Å²) < 4.78 is 1.76. The van der Waals surface area contributed by atoms with Gasteiger partial charge in [-0.1, -0.05) is 35.5 Å². The second-order valence-corrected chi connectivity index (χ2v) is 3.85. The van der Waals surface area contributed by atoms with Crippen molar-refractivity contribution in [2.75, 3.05) is 0 Å². The van der Waals surface area contributed by atoms with Gasteiger partial charge in [0.05, 0.1) is 5.69 Å². The highest BCUT2D eigenvalue weighted by Gasteiger charge is 2.15. The number of benzene rings is 1. The Balaban J connectivity index is 2.61. The maximum atomic E-state index is 10.9. The van der Waals surface area contributed by atoms with Gasteiger partial charge < -0.3 is 0 Å². The predicted octanol–water partition coefficient (Wildman–Crippen LogP) is 2.34. The lowest BCUT2D eigenvalue weighted by Crippen LogP contribution is -2.05. The Kier molecular flexibility index (Phi) is 2.81. The highest BCUT2D eigenvalue weighted by Crippen LogP contribution is 2.23. The zero-order valence-corrected chi connectivity index (χ0v) is 9.29. The monoisotopic (exact) mass is 215 g/mol. The molecular weight excluding hydrogens is 202 g/mol. The lowest BCUT2D eigenvalue weighted by atomic mass is 10.1. The number of aromatic nitrogens is 3. The van der Waals surface area contributed by atoms with Crippen LogP contribution >= 0.6 is 0 Å². The maximum absolute atomic E-state index is 10.9. The van der Waals surface area contributed by atoms with Gasteiger partial charge in [-0.05, 0) is 13.8 Å². The van der Waals surface area contributed by atoms with Crippen molar-refractivity contribution in [3.05, 3.63) is 36.0 Å². The SMILES string of the molecule is CC(C)n1nnc(C=O)c1-c1ccccc1. The van der Waals surface area contributed by atoms with Crippen LogP contribution in [0.5, 0.6) is 0 Å². The van der Waals surface area contributed by atoms with Crippen molar-refractivity contribution < 1.29 is 4.79 Å². The van der Waals surface area contributed by atoms with Crippen LogP contribution in [0, 0.1) is 0 Å². The van der Waals surface area contributed by atoms with E-state index in [1.807, 2.05) is 44.2 Å². The third-order valence-corrected chi connectivity index (χ3v) is 2.37. The first-order chi connectivity index (χ1) is 7.74. The van der Waals surface area contributed by atoms with Crippen LogP contribution in [0.4, 0.5) is 0 Å². The third kappa shape index (κ3) is 1.74. The number of carbonyl (C=O) groups excluding carboxylic acids is 1. The second-order valence-electron chi connectivity index (χ2n) is 3.85. The van der Waals surface area contributed by atoms with Crippen molar-refractivity contribution in [2.24, 2.45) is 0 Å². The van der Waals surface area contributed by atoms with Crippen molar-refractivity contribution >= 4 is 6.29 Å². The van der Waals surface area contributed by atoms with E-state index in [4.69, 9.17) is 0 Å². The first-order valence-corrected chi connectivity index (χ1v) is 5.20. The molecule has 0 aliphatic rings. The Morgan fingerprint density at radius 2 is 1.94 bits per heavy atom. The molecule has 1 heterocycles. The Morgan fingerprint density at radius 1 is 1.25 bits per heavy atom. The minimum atomic E-state index is 0.177. The van der Waals surface area contributed by atoms with Gasteiger partial charge in [0.15, 0.2) is 12.0 Å². The van der Waals surface area contributed by atoms with E-state index in [9.17, 15) is 4.79 Å². The molecule has 0 saturated heterocycles. The van der Waals surface area contributed by atoms with Gasteiger partial charge in [-0.15, -0.1) is 5.10 Å². The van der Waals surface area contributed by atoms with Gasteiger partial charge in [-0.3, -0.25) is 4.79 Å². The molecule has 0 N–H and O–H groups in total. The molecule has 16 heavy (non-hydrogen) atoms. The molecule has 4 heteroatoms. The predicted molar refractivity (Wildman–Crippen MR) is 61.2 cm³/mol. The first-order valence-electron chi connectivity index (χ1n) is 5.20. The molecule has 2 rings (SSSR count). The number of carbonyl (C=O) groups is 1. The smallest absolute Gasteiger partial charge is 0.172 e. The summed E-state index contributed by atoms with van der Waals surface area (Å²) in [5.74, 6) is 0. The van der Waals surface area contributed by atoms with Gasteiger partial charge in [0.25, 0.3) is 0 Å². The summed E-state index contributed by atoms with van der Waals surface area (Å²) in [7, 11) is 0. The van der Waals surface area contributed by atoms with Crippen molar-refractivity contribution in [1.82, 2.24) is 15.0 Å². The molecule has 4 nitrogen and oxygen atoms in total. The van der Waals surface area contributed by atoms with Crippen LogP contribution in [0.2, 0.25) is 0 Å². The summed E-state index contributed by atoms with van der Waals surface area (Å²) in [4.78, 5) is 10.9. The molecule has 0 amide bonds. The lowest BCUT2D eigenvalue weighted by molar-refractivity contribution is 0.111. The Morgan fingerprint density at radius 3 is 2.50 bits per heavy atom. The number of nitrogens with zero attached hydrogens (tertiary/aromatic N) is 3. The molecular formula is C12H13N3O. The van der Waals surface area contributed by atoms with E-state index in [2.05, 4.69) is 10.3 Å². The van der Waals surface area contributed by atoms with Crippen molar-refractivity contribution in [1.29, 1.82) is 0 Å². The summed E-state index contributed by atoms with van der Waals surface area (Å²) in [5.41, 5.74) is 2.13. The topological polar surface area (TPSA) is 47.8 Å². The molecule has 2 aromatic rings. The normalized spacial score (nSPS) is 10.7. The summed E-state index contributed by atoms with van der Waals surface area (Å²) >= 11 is 0. The van der Waals surface area contributed by atoms with Crippen LogP contribution in [0.15, 0.2) is 30.3 Å². The minimum Gasteiger partial charge on any atom is -0.296 e. The second kappa shape index (κ2) is 4.26. The van der Waals surface area contributed by atoms with Crippen LogP contribution in [-0.2, 0) is 0 Å². The van der Waals surface area contributed by atoms with Crippen molar-refractivity contribution in [2.45, 2.75) is 19.9 Å². The van der Waals surface area contributed by atoms with Gasteiger partial charge in [0.2, 0.25) is 0 Å². The average Bonchev–Trinajstić information content (AvgIpc) is 2.73. The molecule has 82 valence electrons. The molecule has 0 spiro atoms. The average molecular weight is 215 g/mol. The molecule has 0 radical (unpaired) electrons. The summed E-state index contributed by atoms with van der Waals surface area (Å²) in [5, 5.41) is 7.88. The third-order valence-electron chi connectivity index (χ3n) is 2.37. The summed E-state index contributed by atoms with van der Waals surface area (Å²) in [6.07, 6.45) is 0.744. The van der Waals surface area contributed by atoms with E-state index in [1.165, 1.54) is 0 Å². The van der Waals surface area contributed by atoms with Gasteiger partial charge in [0, 0.05) is 11.6 Å². The van der Waals surface area contributed by atoms with E-state index in [-0.39, 0.29) is 6.04 Å². The van der Waals surface area contributed by atoms with E-state index in [1.54, 1.807) is 4.68 Å². The minimum absolute atomic E-state index is 0.177. The van der Waals surface area contributed by atoms with Gasteiger partial charge in [0.1, 0.15) is 0 Å². The number of aldehydes is 1. The molecule has 0 aliphatic carbocycles. The van der Waals surface area contributed by atoms with Crippen molar-refractivity contribution in [3.63, 3.8) is 0 Å². The highest BCUT2D eigenvalue weighted by atomic mass is 16.1. The van der Waals surface area contributed by atoms with Gasteiger partial charge in [-0.2, -0.15) is 0 Å². The zero-order valence-electron chi connectivity index (χ0n) is 9.29. The molecule has 0 bridgehead atoms. The molecule has 0 aliphatic heterocycles. The van der Waals surface area contributed by atoms with E-state index < -0.39 is 0 Å². The van der Waals surface area contributed by atoms with Gasteiger partial charge >= 0.3 is 0 Å². The largest absolute Gasteiger partial charge is 0.296 e. The highest BCUT2D eigenvalue weighted by molar-refractivity contribution is 5.83. The van der Waals surface area contributed by atoms with Crippen LogP contribution in [0.3, 0.4) is 0 Å². The molecule has 0 saturated carbocycles. The first kappa shape index (κ1) is 10.5. The number of rotatable bonds is 3. The molecule has 1 aromatic carbocycles. The molecule has 0 atom stereocenters. The Bertz CT molecular complexity index is 488. The van der Waals surface area contributed by atoms with Crippen LogP contribution in [0.25, 0.3) is 11.3 Å². The molecule has 1 aromatic heterocycles. The number of hydrogen-bond acceptors (Lipinski definition) is 3. The van der Waals surface area contributed by atoms with Gasteiger partial charge in [-0.25, -0.2) is 4.68 Å². The fourth-order valence-electron chi connectivity index (χ4n) is 1.62. The molecule has 0 unspecified atom stereocenters. The van der Waals surface area contributed by atoms with Crippen molar-refractivity contribution in [3.8, 4) is 11.3 Å². The fraction of sp³-hybridized carbons (Fsp3) is 0.250. The van der Waals surface area contributed by atoms with Crippen LogP contribution < -0.4 is 0 Å². The quantitative estimate of drug-likeness (QED) is 0.738.